The lowest BCUT2D eigenvalue weighted by Gasteiger charge is -2.13. The second kappa shape index (κ2) is 6.30. The molecule has 1 rings (SSSR count). The number of amides is 1. The van der Waals surface area contributed by atoms with Gasteiger partial charge in [-0.25, -0.2) is 8.78 Å². The van der Waals surface area contributed by atoms with E-state index in [1.807, 2.05) is 5.32 Å². The number of phenols is 1. The molecule has 4 nitrogen and oxygen atoms in total. The average molecular weight is 259 g/mol. The van der Waals surface area contributed by atoms with Crippen LogP contribution in [0.3, 0.4) is 0 Å². The van der Waals surface area contributed by atoms with E-state index in [0.29, 0.717) is 5.56 Å². The number of aryl methyl sites for hydroxylation is 1. The van der Waals surface area contributed by atoms with Crippen molar-refractivity contribution in [2.75, 3.05) is 13.2 Å². The number of alkyl halides is 2. The summed E-state index contributed by atoms with van der Waals surface area (Å²) >= 11 is 0. The fraction of sp³-hybridized carbons (Fsp3) is 0.417. The Hall–Kier alpha value is -1.69. The quantitative estimate of drug-likeness (QED) is 0.715. The lowest BCUT2D eigenvalue weighted by molar-refractivity contribution is -0.124. The fourth-order valence-electron chi connectivity index (χ4n) is 1.34. The van der Waals surface area contributed by atoms with Crippen molar-refractivity contribution >= 4 is 5.91 Å². The van der Waals surface area contributed by atoms with E-state index in [1.54, 1.807) is 18.2 Å². The van der Waals surface area contributed by atoms with E-state index in [2.05, 4.69) is 0 Å². The van der Waals surface area contributed by atoms with Crippen molar-refractivity contribution in [2.24, 2.45) is 0 Å². The van der Waals surface area contributed by atoms with E-state index in [0.717, 1.165) is 0 Å². The molecule has 0 aromatic heterocycles. The first-order valence-corrected chi connectivity index (χ1v) is 5.47. The van der Waals surface area contributed by atoms with Crippen LogP contribution in [-0.4, -0.2) is 35.2 Å². The van der Waals surface area contributed by atoms with Crippen LogP contribution in [0.5, 0.6) is 5.75 Å². The van der Waals surface area contributed by atoms with Crippen LogP contribution in [0.25, 0.3) is 0 Å². The monoisotopic (exact) mass is 259 g/mol. The predicted molar refractivity (Wildman–Crippen MR) is 61.5 cm³/mol. The summed E-state index contributed by atoms with van der Waals surface area (Å²) in [4.78, 5) is 11.3. The van der Waals surface area contributed by atoms with Crippen molar-refractivity contribution in [2.45, 2.75) is 18.8 Å². The number of hydrogen-bond donors (Lipinski definition) is 3. The zero-order chi connectivity index (χ0) is 13.6. The number of carbonyl (C=O) groups excluding carboxylic acids is 1. The Bertz CT molecular complexity index is 410. The number of rotatable bonds is 6. The van der Waals surface area contributed by atoms with E-state index >= 15 is 0 Å². The van der Waals surface area contributed by atoms with Crippen molar-refractivity contribution < 1.29 is 23.8 Å². The maximum atomic E-state index is 12.6. The molecule has 1 aromatic carbocycles. The van der Waals surface area contributed by atoms with Crippen LogP contribution >= 0.6 is 0 Å². The zero-order valence-electron chi connectivity index (χ0n) is 9.70. The number of para-hydroxylation sites is 1. The van der Waals surface area contributed by atoms with Crippen LogP contribution < -0.4 is 5.32 Å². The summed E-state index contributed by atoms with van der Waals surface area (Å²) in [6, 6.07) is 6.52. The Kier molecular flexibility index (Phi) is 5.03. The van der Waals surface area contributed by atoms with Gasteiger partial charge in [0.2, 0.25) is 5.91 Å². The first-order chi connectivity index (χ1) is 8.44. The number of benzene rings is 1. The Labute approximate surface area is 103 Å². The number of carbonyl (C=O) groups is 1. The molecule has 0 saturated carbocycles. The van der Waals surface area contributed by atoms with Gasteiger partial charge in [-0.15, -0.1) is 0 Å². The second-order valence-corrected chi connectivity index (χ2v) is 3.92. The van der Waals surface area contributed by atoms with Crippen LogP contribution in [0.2, 0.25) is 0 Å². The molecule has 100 valence electrons. The first kappa shape index (κ1) is 14.4. The number of aliphatic hydroxyl groups excluding tert-OH is 1. The van der Waals surface area contributed by atoms with Gasteiger partial charge in [0.15, 0.2) is 0 Å². The third kappa shape index (κ3) is 4.67. The van der Waals surface area contributed by atoms with Crippen LogP contribution in [0.1, 0.15) is 12.0 Å². The normalized spacial score (nSPS) is 11.3. The highest BCUT2D eigenvalue weighted by Crippen LogP contribution is 2.17. The lowest BCUT2D eigenvalue weighted by Crippen LogP contribution is -2.39. The molecule has 3 N–H and O–H groups in total. The molecule has 6 heteroatoms. The topological polar surface area (TPSA) is 69.6 Å². The van der Waals surface area contributed by atoms with Gasteiger partial charge in [-0.1, -0.05) is 18.2 Å². The molecule has 0 heterocycles. The summed E-state index contributed by atoms with van der Waals surface area (Å²) in [5.74, 6) is -3.78. The van der Waals surface area contributed by atoms with E-state index in [-0.39, 0.29) is 18.6 Å². The second-order valence-electron chi connectivity index (χ2n) is 3.92. The first-order valence-electron chi connectivity index (χ1n) is 5.47. The molecule has 0 fully saturated rings. The van der Waals surface area contributed by atoms with Gasteiger partial charge in [0.05, 0.1) is 6.54 Å². The summed E-state index contributed by atoms with van der Waals surface area (Å²) in [5.41, 5.74) is 0.585. The minimum Gasteiger partial charge on any atom is -0.508 e. The molecule has 0 radical (unpaired) electrons. The minimum absolute atomic E-state index is 0.000911. The van der Waals surface area contributed by atoms with Gasteiger partial charge in [0.1, 0.15) is 12.4 Å². The Morgan fingerprint density at radius 2 is 2.00 bits per heavy atom. The largest absolute Gasteiger partial charge is 0.508 e. The summed E-state index contributed by atoms with van der Waals surface area (Å²) < 4.78 is 25.3. The standard InChI is InChI=1S/C12H15F2NO3/c13-12(14,8-16)7-15-11(18)6-5-9-3-1-2-4-10(9)17/h1-4,16-17H,5-8H2,(H,15,18). The zero-order valence-corrected chi connectivity index (χ0v) is 9.70. The maximum Gasteiger partial charge on any atom is 0.287 e. The van der Waals surface area contributed by atoms with Crippen molar-refractivity contribution in [1.82, 2.24) is 5.32 Å². The molecule has 0 bridgehead atoms. The highest BCUT2D eigenvalue weighted by atomic mass is 19.3. The molecule has 0 atom stereocenters. The molecule has 1 amide bonds. The molecular formula is C12H15F2NO3. The van der Waals surface area contributed by atoms with Gasteiger partial charge < -0.3 is 15.5 Å². The van der Waals surface area contributed by atoms with Gasteiger partial charge in [0, 0.05) is 6.42 Å². The van der Waals surface area contributed by atoms with Crippen LogP contribution in [0, 0.1) is 0 Å². The molecule has 1 aromatic rings. The molecule has 0 spiro atoms. The van der Waals surface area contributed by atoms with E-state index in [1.165, 1.54) is 6.07 Å². The van der Waals surface area contributed by atoms with E-state index in [9.17, 15) is 18.7 Å². The third-order valence-corrected chi connectivity index (χ3v) is 2.39. The molecule has 0 aliphatic heterocycles. The molecule has 18 heavy (non-hydrogen) atoms. The van der Waals surface area contributed by atoms with E-state index < -0.39 is 25.0 Å². The van der Waals surface area contributed by atoms with Crippen molar-refractivity contribution in [3.8, 4) is 5.75 Å². The summed E-state index contributed by atoms with van der Waals surface area (Å²) in [6.07, 6.45) is 0.266. The van der Waals surface area contributed by atoms with Crippen molar-refractivity contribution in [3.05, 3.63) is 29.8 Å². The van der Waals surface area contributed by atoms with Crippen LogP contribution in [0.4, 0.5) is 8.78 Å². The summed E-state index contributed by atoms with van der Waals surface area (Å²) in [6.45, 7) is -2.18. The Balaban J connectivity index is 2.36. The predicted octanol–water partition coefficient (Wildman–Crippen LogP) is 1.07. The van der Waals surface area contributed by atoms with Gasteiger partial charge in [-0.3, -0.25) is 4.79 Å². The minimum atomic E-state index is -3.30. The summed E-state index contributed by atoms with van der Waals surface area (Å²) in [5, 5.41) is 19.8. The number of nitrogens with one attached hydrogen (secondary N) is 1. The number of halogens is 2. The third-order valence-electron chi connectivity index (χ3n) is 2.39. The number of phenolic OH excluding ortho intramolecular Hbond substituents is 1. The van der Waals surface area contributed by atoms with Gasteiger partial charge in [0.25, 0.3) is 5.92 Å². The molecule has 0 saturated heterocycles. The van der Waals surface area contributed by atoms with Crippen molar-refractivity contribution in [1.29, 1.82) is 0 Å². The summed E-state index contributed by atoms with van der Waals surface area (Å²) in [7, 11) is 0. The van der Waals surface area contributed by atoms with Crippen molar-refractivity contribution in [3.63, 3.8) is 0 Å². The Morgan fingerprint density at radius 1 is 1.33 bits per heavy atom. The SMILES string of the molecule is O=C(CCc1ccccc1O)NCC(F)(F)CO. The highest BCUT2D eigenvalue weighted by molar-refractivity contribution is 5.76. The van der Waals surface area contributed by atoms with Crippen LogP contribution in [0.15, 0.2) is 24.3 Å². The number of aliphatic hydroxyl groups is 1. The molecule has 0 aliphatic carbocycles. The number of aromatic hydroxyl groups is 1. The molecule has 0 aliphatic rings. The molecular weight excluding hydrogens is 244 g/mol. The lowest BCUT2D eigenvalue weighted by atomic mass is 10.1. The van der Waals surface area contributed by atoms with Gasteiger partial charge in [-0.2, -0.15) is 0 Å². The average Bonchev–Trinajstić information content (AvgIpc) is 2.35. The smallest absolute Gasteiger partial charge is 0.287 e. The fourth-order valence-corrected chi connectivity index (χ4v) is 1.34. The van der Waals surface area contributed by atoms with Gasteiger partial charge >= 0.3 is 0 Å². The molecule has 0 unspecified atom stereocenters. The Morgan fingerprint density at radius 3 is 2.61 bits per heavy atom. The number of hydrogen-bond acceptors (Lipinski definition) is 3. The maximum absolute atomic E-state index is 12.6. The highest BCUT2D eigenvalue weighted by Gasteiger charge is 2.27. The van der Waals surface area contributed by atoms with E-state index in [4.69, 9.17) is 5.11 Å². The van der Waals surface area contributed by atoms with Gasteiger partial charge in [-0.05, 0) is 18.1 Å². The van der Waals surface area contributed by atoms with Crippen LogP contribution in [-0.2, 0) is 11.2 Å².